The number of carbonyl (C=O) groups excluding carboxylic acids is 1. The molecule has 3 aromatic heterocycles. The zero-order chi connectivity index (χ0) is 22.3. The van der Waals surface area contributed by atoms with Crippen molar-refractivity contribution < 1.29 is 27.1 Å². The number of alkyl halides is 3. The van der Waals surface area contributed by atoms with Crippen molar-refractivity contribution >= 4 is 28.2 Å². The van der Waals surface area contributed by atoms with E-state index >= 15 is 0 Å². The lowest BCUT2D eigenvalue weighted by atomic mass is 10.2. The van der Waals surface area contributed by atoms with Gasteiger partial charge in [0.05, 0.1) is 12.0 Å². The Bertz CT molecular complexity index is 1410. The molecule has 0 saturated heterocycles. The number of benzene rings is 1. The minimum atomic E-state index is -4.51. The highest BCUT2D eigenvalue weighted by molar-refractivity contribution is 5.74. The van der Waals surface area contributed by atoms with Crippen molar-refractivity contribution in [2.45, 2.75) is 25.6 Å². The molecule has 10 nitrogen and oxygen atoms in total. The van der Waals surface area contributed by atoms with E-state index in [-0.39, 0.29) is 47.6 Å². The van der Waals surface area contributed by atoms with E-state index in [9.17, 15) is 27.6 Å². The number of H-pyrrole nitrogens is 2. The number of hydrogen-bond acceptors (Lipinski definition) is 7. The molecule has 4 rings (SSSR count). The monoisotopic (exact) mass is 437 g/mol. The minimum absolute atomic E-state index is 0.000941. The zero-order valence-corrected chi connectivity index (χ0v) is 15.9. The van der Waals surface area contributed by atoms with Crippen LogP contribution in [0.15, 0.2) is 32.2 Å². The zero-order valence-electron chi connectivity index (χ0n) is 15.9. The summed E-state index contributed by atoms with van der Waals surface area (Å²) in [5.74, 6) is -0.380. The molecule has 0 fully saturated rings. The van der Waals surface area contributed by atoms with E-state index in [0.717, 1.165) is 22.8 Å². The third kappa shape index (κ3) is 4.06. The minimum Gasteiger partial charge on any atom is -0.456 e. The molecule has 4 aromatic rings. The Hall–Kier alpha value is -3.90. The van der Waals surface area contributed by atoms with Gasteiger partial charge in [0.15, 0.2) is 17.8 Å². The van der Waals surface area contributed by atoms with Gasteiger partial charge in [0, 0.05) is 13.5 Å². The fraction of sp³-hybridized carbons (Fsp3) is 0.278. The van der Waals surface area contributed by atoms with E-state index in [4.69, 9.17) is 9.15 Å². The summed E-state index contributed by atoms with van der Waals surface area (Å²) < 4.78 is 49.8. The van der Waals surface area contributed by atoms with Gasteiger partial charge in [-0.25, -0.2) is 14.8 Å². The number of aryl methyl sites for hydroxylation is 2. The average molecular weight is 437 g/mol. The molecule has 0 amide bonds. The van der Waals surface area contributed by atoms with Gasteiger partial charge in [-0.2, -0.15) is 13.2 Å². The maximum absolute atomic E-state index is 12.8. The van der Waals surface area contributed by atoms with Gasteiger partial charge in [0.25, 0.3) is 5.56 Å². The number of aromatic amines is 2. The molecule has 0 radical (unpaired) electrons. The normalized spacial score (nSPS) is 12.0. The van der Waals surface area contributed by atoms with Crippen LogP contribution in [0, 0.1) is 0 Å². The lowest BCUT2D eigenvalue weighted by Crippen LogP contribution is -2.28. The Labute approximate surface area is 169 Å². The predicted molar refractivity (Wildman–Crippen MR) is 99.1 cm³/mol. The maximum Gasteiger partial charge on any atom is 0.416 e. The Kier molecular flexibility index (Phi) is 4.87. The van der Waals surface area contributed by atoms with Crippen LogP contribution in [0.5, 0.6) is 0 Å². The highest BCUT2D eigenvalue weighted by atomic mass is 19.4. The quantitative estimate of drug-likeness (QED) is 0.454. The predicted octanol–water partition coefficient (Wildman–Crippen LogP) is 1.79. The van der Waals surface area contributed by atoms with Crippen molar-refractivity contribution in [1.29, 1.82) is 0 Å². The van der Waals surface area contributed by atoms with Crippen molar-refractivity contribution in [2.75, 3.05) is 0 Å². The molecule has 1 aromatic carbocycles. The topological polar surface area (TPSA) is 136 Å². The molecule has 0 aliphatic carbocycles. The Morgan fingerprint density at radius 3 is 2.74 bits per heavy atom. The van der Waals surface area contributed by atoms with Crippen LogP contribution >= 0.6 is 0 Å². The molecule has 3 heterocycles. The molecule has 162 valence electrons. The Morgan fingerprint density at radius 2 is 2.00 bits per heavy atom. The summed E-state index contributed by atoms with van der Waals surface area (Å²) in [6, 6.07) is 2.87. The second kappa shape index (κ2) is 7.41. The van der Waals surface area contributed by atoms with Crippen molar-refractivity contribution in [3.05, 3.63) is 56.3 Å². The average Bonchev–Trinajstić information content (AvgIpc) is 3.32. The van der Waals surface area contributed by atoms with Gasteiger partial charge in [-0.05, 0) is 18.2 Å². The van der Waals surface area contributed by atoms with E-state index in [1.54, 1.807) is 0 Å². The number of rotatable bonds is 5. The van der Waals surface area contributed by atoms with Crippen LogP contribution < -0.4 is 11.2 Å². The second-order valence-corrected chi connectivity index (χ2v) is 6.65. The first-order chi connectivity index (χ1) is 14.6. The number of halogens is 3. The number of carbonyl (C=O) groups is 1. The van der Waals surface area contributed by atoms with E-state index in [1.807, 2.05) is 0 Å². The molecule has 0 atom stereocenters. The third-order valence-corrected chi connectivity index (χ3v) is 4.49. The molecule has 0 spiro atoms. The SMILES string of the molecule is Cn1c(=O)[nH]c(=O)c2[nH]c(CCC(=O)OCc3nc4cc(C(F)(F)F)ccc4o3)nc21. The van der Waals surface area contributed by atoms with E-state index in [2.05, 4.69) is 19.9 Å². The first-order valence-corrected chi connectivity index (χ1v) is 8.92. The molecule has 0 saturated carbocycles. The van der Waals surface area contributed by atoms with Gasteiger partial charge in [-0.15, -0.1) is 0 Å². The number of hydrogen-bond donors (Lipinski definition) is 2. The number of ether oxygens (including phenoxy) is 1. The van der Waals surface area contributed by atoms with Gasteiger partial charge in [-0.1, -0.05) is 0 Å². The van der Waals surface area contributed by atoms with Gasteiger partial charge in [0.2, 0.25) is 5.89 Å². The van der Waals surface area contributed by atoms with Gasteiger partial charge in [0.1, 0.15) is 16.9 Å². The molecular formula is C18H14F3N5O5. The number of aromatic nitrogens is 5. The van der Waals surface area contributed by atoms with Gasteiger partial charge in [-0.3, -0.25) is 19.1 Å². The maximum atomic E-state index is 12.8. The lowest BCUT2D eigenvalue weighted by Gasteiger charge is -2.04. The standard InChI is InChI=1S/C18H14F3N5O5/c1-26-15-14(16(28)25-17(26)29)23-11(24-15)4-5-13(27)30-7-12-22-9-6-8(18(19,20)21)2-3-10(9)31-12/h2-3,6H,4-5,7H2,1H3,(H,23,24)(H,25,28,29). The van der Waals surface area contributed by atoms with Crippen molar-refractivity contribution in [2.24, 2.45) is 7.05 Å². The molecule has 31 heavy (non-hydrogen) atoms. The third-order valence-electron chi connectivity index (χ3n) is 4.49. The Morgan fingerprint density at radius 1 is 1.23 bits per heavy atom. The molecule has 0 bridgehead atoms. The fourth-order valence-electron chi connectivity index (χ4n) is 2.92. The van der Waals surface area contributed by atoms with Crippen LogP contribution in [0.25, 0.3) is 22.3 Å². The van der Waals surface area contributed by atoms with E-state index < -0.39 is 29.0 Å². The van der Waals surface area contributed by atoms with E-state index in [0.29, 0.717) is 5.82 Å². The summed E-state index contributed by atoms with van der Waals surface area (Å²) in [5, 5.41) is 0. The highest BCUT2D eigenvalue weighted by Crippen LogP contribution is 2.31. The van der Waals surface area contributed by atoms with Crippen LogP contribution in [0.2, 0.25) is 0 Å². The number of nitrogens with zero attached hydrogens (tertiary/aromatic N) is 3. The fourth-order valence-corrected chi connectivity index (χ4v) is 2.92. The van der Waals surface area contributed by atoms with Crippen LogP contribution in [0.4, 0.5) is 13.2 Å². The summed E-state index contributed by atoms with van der Waals surface area (Å²) in [6.45, 7) is -0.358. The van der Waals surface area contributed by atoms with Crippen LogP contribution in [0.3, 0.4) is 0 Å². The first-order valence-electron chi connectivity index (χ1n) is 8.92. The smallest absolute Gasteiger partial charge is 0.416 e. The number of nitrogens with one attached hydrogen (secondary N) is 2. The summed E-state index contributed by atoms with van der Waals surface area (Å²) in [6.07, 6.45) is -4.51. The second-order valence-electron chi connectivity index (χ2n) is 6.65. The van der Waals surface area contributed by atoms with Crippen LogP contribution in [-0.4, -0.2) is 30.5 Å². The van der Waals surface area contributed by atoms with Gasteiger partial charge >= 0.3 is 17.8 Å². The lowest BCUT2D eigenvalue weighted by molar-refractivity contribution is -0.145. The Balaban J connectivity index is 1.39. The summed E-state index contributed by atoms with van der Waals surface area (Å²) >= 11 is 0. The summed E-state index contributed by atoms with van der Waals surface area (Å²) in [7, 11) is 1.44. The number of esters is 1. The number of fused-ring (bicyclic) bond motifs is 2. The molecular weight excluding hydrogens is 423 g/mol. The van der Waals surface area contributed by atoms with Crippen molar-refractivity contribution in [3.63, 3.8) is 0 Å². The van der Waals surface area contributed by atoms with Crippen molar-refractivity contribution in [1.82, 2.24) is 24.5 Å². The molecule has 2 N–H and O–H groups in total. The van der Waals surface area contributed by atoms with Crippen LogP contribution in [0.1, 0.15) is 23.7 Å². The molecule has 13 heteroatoms. The first kappa shape index (κ1) is 20.4. The van der Waals surface area contributed by atoms with E-state index in [1.165, 1.54) is 7.05 Å². The largest absolute Gasteiger partial charge is 0.456 e. The highest BCUT2D eigenvalue weighted by Gasteiger charge is 2.31. The number of imidazole rings is 1. The van der Waals surface area contributed by atoms with Crippen LogP contribution in [-0.2, 0) is 35.8 Å². The molecule has 0 unspecified atom stereocenters. The van der Waals surface area contributed by atoms with Crippen molar-refractivity contribution in [3.8, 4) is 0 Å². The summed E-state index contributed by atoms with van der Waals surface area (Å²) in [4.78, 5) is 48.3. The van der Waals surface area contributed by atoms with Gasteiger partial charge < -0.3 is 14.1 Å². The molecule has 0 aliphatic heterocycles. The summed E-state index contributed by atoms with van der Waals surface area (Å²) in [5.41, 5.74) is -1.70. The molecule has 0 aliphatic rings. The number of oxazole rings is 1.